The highest BCUT2D eigenvalue weighted by molar-refractivity contribution is 6.24. The lowest BCUT2D eigenvalue weighted by atomic mass is 9.67. The molecule has 1 aliphatic carbocycles. The van der Waals surface area contributed by atoms with Crippen molar-refractivity contribution in [2.24, 2.45) is 4.99 Å². The highest BCUT2D eigenvalue weighted by Gasteiger charge is 2.46. The molecule has 2 heteroatoms. The van der Waals surface area contributed by atoms with Crippen molar-refractivity contribution in [1.29, 1.82) is 0 Å². The highest BCUT2D eigenvalue weighted by atomic mass is 14.9. The van der Waals surface area contributed by atoms with Gasteiger partial charge in [0.2, 0.25) is 0 Å². The van der Waals surface area contributed by atoms with Crippen LogP contribution in [0.15, 0.2) is 181 Å². The van der Waals surface area contributed by atoms with Crippen LogP contribution in [0, 0.1) is 6.92 Å². The van der Waals surface area contributed by atoms with Crippen molar-refractivity contribution < 1.29 is 0 Å². The molecule has 8 aromatic carbocycles. The molecule has 11 rings (SSSR count). The second-order valence-corrected chi connectivity index (χ2v) is 14.4. The monoisotopic (exact) mass is 674 g/mol. The summed E-state index contributed by atoms with van der Waals surface area (Å²) < 4.78 is 2.33. The summed E-state index contributed by atoms with van der Waals surface area (Å²) in [6.07, 6.45) is 0. The van der Waals surface area contributed by atoms with Crippen LogP contribution in [0.5, 0.6) is 0 Å². The zero-order chi connectivity index (χ0) is 35.3. The largest absolute Gasteiger partial charge is 0.307 e. The van der Waals surface area contributed by atoms with Crippen molar-refractivity contribution in [1.82, 2.24) is 4.40 Å². The molecule has 2 aromatic heterocycles. The maximum Gasteiger partial charge on any atom is 0.0965 e. The molecule has 0 saturated carbocycles. The van der Waals surface area contributed by atoms with E-state index < -0.39 is 5.41 Å². The van der Waals surface area contributed by atoms with Gasteiger partial charge in [-0.25, -0.2) is 4.99 Å². The predicted octanol–water partition coefficient (Wildman–Crippen LogP) is 11.5. The van der Waals surface area contributed by atoms with Crippen LogP contribution in [0.25, 0.3) is 66.8 Å². The average molecular weight is 675 g/mol. The fraction of sp³-hybridized carbons (Fsp3) is 0.0392. The molecule has 0 aliphatic heterocycles. The Balaban J connectivity index is 1.23. The maximum absolute atomic E-state index is 5.32. The Kier molecular flexibility index (Phi) is 6.27. The standard InChI is InChI=1S/C51H34N2/c1-32-15-9-14-24-46(32)52-49-33(2)53-47-28-26-34-16-10-11-21-39(34)48(47)42-30-36(31-43(49)50(42)53)35-25-27-45-41(29-35)40-22-12-13-23-44(40)51(45,37-17-5-3-6-18-37)38-19-7-4-8-20-38/h3-31H,2H2,1H3. The first-order valence-electron chi connectivity index (χ1n) is 18.3. The normalized spacial score (nSPS) is 13.7. The molecule has 1 aliphatic rings. The third-order valence-electron chi connectivity index (χ3n) is 11.7. The Labute approximate surface area is 307 Å². The quantitative estimate of drug-likeness (QED) is 0.177. The Hall–Kier alpha value is -6.77. The number of hydrogen-bond donors (Lipinski definition) is 0. The van der Waals surface area contributed by atoms with Gasteiger partial charge in [0.1, 0.15) is 0 Å². The Bertz CT molecular complexity index is 3150. The lowest BCUT2D eigenvalue weighted by Crippen LogP contribution is -2.28. The molecule has 248 valence electrons. The summed E-state index contributed by atoms with van der Waals surface area (Å²) >= 11 is 0. The van der Waals surface area contributed by atoms with Gasteiger partial charge in [0.25, 0.3) is 0 Å². The van der Waals surface area contributed by atoms with Crippen LogP contribution in [0.4, 0.5) is 5.69 Å². The van der Waals surface area contributed by atoms with Crippen LogP contribution in [0.1, 0.15) is 27.8 Å². The summed E-state index contributed by atoms with van der Waals surface area (Å²) in [6, 6.07) is 64.4. The van der Waals surface area contributed by atoms with E-state index in [1.54, 1.807) is 0 Å². The summed E-state index contributed by atoms with van der Waals surface area (Å²) in [4.78, 5) is 5.32. The average Bonchev–Trinajstić information content (AvgIpc) is 3.82. The summed E-state index contributed by atoms with van der Waals surface area (Å²) in [5, 5.41) is 7.93. The molecule has 2 heterocycles. The van der Waals surface area contributed by atoms with Crippen molar-refractivity contribution in [3.05, 3.63) is 214 Å². The van der Waals surface area contributed by atoms with Crippen molar-refractivity contribution in [3.63, 3.8) is 0 Å². The summed E-state index contributed by atoms with van der Waals surface area (Å²) in [5.74, 6) is 0. The fourth-order valence-electron chi connectivity index (χ4n) is 9.37. The Morgan fingerprint density at radius 2 is 1.19 bits per heavy atom. The lowest BCUT2D eigenvalue weighted by Gasteiger charge is -2.33. The molecule has 0 radical (unpaired) electrons. The maximum atomic E-state index is 5.32. The third-order valence-corrected chi connectivity index (χ3v) is 11.7. The molecule has 0 amide bonds. The third kappa shape index (κ3) is 4.06. The van der Waals surface area contributed by atoms with Crippen molar-refractivity contribution >= 4 is 50.2 Å². The van der Waals surface area contributed by atoms with Gasteiger partial charge in [0.05, 0.1) is 32.8 Å². The number of hydrogen-bond acceptors (Lipinski definition) is 1. The first kappa shape index (κ1) is 29.9. The molecule has 0 saturated heterocycles. The van der Waals surface area contributed by atoms with E-state index in [0.29, 0.717) is 0 Å². The number of para-hydroxylation sites is 1. The highest BCUT2D eigenvalue weighted by Crippen LogP contribution is 2.56. The van der Waals surface area contributed by atoms with Gasteiger partial charge < -0.3 is 4.40 Å². The van der Waals surface area contributed by atoms with E-state index in [-0.39, 0.29) is 0 Å². The first-order chi connectivity index (χ1) is 26.1. The SMILES string of the molecule is C=c1c(=Nc2ccccc2C)c2cc(-c3ccc4c(c3)-c3ccccc3C4(c3ccccc3)c3ccccc3)cc3c4c5ccccc5ccc4n1c23. The first-order valence-corrected chi connectivity index (χ1v) is 18.3. The molecule has 0 fully saturated rings. The summed E-state index contributed by atoms with van der Waals surface area (Å²) in [6.45, 7) is 6.81. The summed E-state index contributed by atoms with van der Waals surface area (Å²) in [7, 11) is 0. The van der Waals surface area contributed by atoms with E-state index in [1.165, 1.54) is 71.6 Å². The second-order valence-electron chi connectivity index (χ2n) is 14.4. The van der Waals surface area contributed by atoms with Crippen molar-refractivity contribution in [2.75, 3.05) is 0 Å². The van der Waals surface area contributed by atoms with E-state index in [1.807, 2.05) is 0 Å². The van der Waals surface area contributed by atoms with Crippen LogP contribution in [0.2, 0.25) is 0 Å². The molecule has 53 heavy (non-hydrogen) atoms. The van der Waals surface area contributed by atoms with Gasteiger partial charge in [0.15, 0.2) is 0 Å². The minimum absolute atomic E-state index is 0.428. The number of aromatic nitrogens is 1. The smallest absolute Gasteiger partial charge is 0.0965 e. The molecular formula is C51H34N2. The van der Waals surface area contributed by atoms with Crippen LogP contribution in [-0.2, 0) is 5.41 Å². The van der Waals surface area contributed by atoms with E-state index >= 15 is 0 Å². The lowest BCUT2D eigenvalue weighted by molar-refractivity contribution is 0.768. The van der Waals surface area contributed by atoms with Crippen molar-refractivity contribution in [3.8, 4) is 22.3 Å². The fourth-order valence-corrected chi connectivity index (χ4v) is 9.37. The number of aryl methyl sites for hydroxylation is 1. The second kappa shape index (κ2) is 11.1. The predicted molar refractivity (Wildman–Crippen MR) is 221 cm³/mol. The van der Waals surface area contributed by atoms with Crippen LogP contribution in [-0.4, -0.2) is 4.40 Å². The van der Waals surface area contributed by atoms with Gasteiger partial charge in [-0.2, -0.15) is 0 Å². The molecule has 2 nitrogen and oxygen atoms in total. The number of fused-ring (bicyclic) bond motifs is 8. The number of nitrogens with zero attached hydrogens (tertiary/aromatic N) is 2. The Morgan fingerprint density at radius 3 is 1.98 bits per heavy atom. The van der Waals surface area contributed by atoms with Crippen LogP contribution in [0.3, 0.4) is 0 Å². The van der Waals surface area contributed by atoms with Gasteiger partial charge in [-0.15, -0.1) is 0 Å². The van der Waals surface area contributed by atoms with Crippen LogP contribution >= 0.6 is 0 Å². The molecule has 0 spiro atoms. The molecule has 0 atom stereocenters. The zero-order valence-electron chi connectivity index (χ0n) is 29.3. The van der Waals surface area contributed by atoms with E-state index in [0.717, 1.165) is 32.9 Å². The van der Waals surface area contributed by atoms with Crippen LogP contribution < -0.4 is 10.7 Å². The molecule has 0 bridgehead atoms. The van der Waals surface area contributed by atoms with Gasteiger partial charge in [-0.1, -0.05) is 152 Å². The van der Waals surface area contributed by atoms with E-state index in [9.17, 15) is 0 Å². The minimum Gasteiger partial charge on any atom is -0.307 e. The molecule has 0 unspecified atom stereocenters. The van der Waals surface area contributed by atoms with Crippen molar-refractivity contribution in [2.45, 2.75) is 12.3 Å². The van der Waals surface area contributed by atoms with Gasteiger partial charge in [-0.3, -0.25) is 0 Å². The molecular weight excluding hydrogens is 641 g/mol. The topological polar surface area (TPSA) is 16.8 Å². The van der Waals surface area contributed by atoms with E-state index in [2.05, 4.69) is 194 Å². The van der Waals surface area contributed by atoms with Gasteiger partial charge in [0, 0.05) is 16.2 Å². The van der Waals surface area contributed by atoms with Gasteiger partial charge in [-0.05, 0) is 98.1 Å². The van der Waals surface area contributed by atoms with Gasteiger partial charge >= 0.3 is 0 Å². The Morgan fingerprint density at radius 1 is 0.528 bits per heavy atom. The number of rotatable bonds is 4. The minimum atomic E-state index is -0.428. The van der Waals surface area contributed by atoms with E-state index in [4.69, 9.17) is 4.99 Å². The number of benzene rings is 8. The molecule has 0 N–H and O–H groups in total. The molecule has 10 aromatic rings. The zero-order valence-corrected chi connectivity index (χ0v) is 29.3. The summed E-state index contributed by atoms with van der Waals surface area (Å²) in [5.41, 5.74) is 14.1.